The van der Waals surface area contributed by atoms with Crippen LogP contribution in [0.15, 0.2) is 47.4 Å². The number of aryl methyl sites for hydroxylation is 2. The Balaban J connectivity index is 1.62. The van der Waals surface area contributed by atoms with Gasteiger partial charge in [0.15, 0.2) is 5.50 Å². The fourth-order valence-corrected chi connectivity index (χ4v) is 4.54. The van der Waals surface area contributed by atoms with E-state index in [1.54, 1.807) is 0 Å². The van der Waals surface area contributed by atoms with Crippen LogP contribution < -0.4 is 10.6 Å². The molecule has 0 saturated carbocycles. The summed E-state index contributed by atoms with van der Waals surface area (Å²) in [5.74, 6) is -0.0588. The number of nitrogens with one attached hydrogen (secondary N) is 2. The summed E-state index contributed by atoms with van der Waals surface area (Å²) in [5, 5.41) is 8.22. The molecule has 1 fully saturated rings. The van der Waals surface area contributed by atoms with Gasteiger partial charge in [-0.25, -0.2) is 0 Å². The number of nitrogens with zero attached hydrogens (tertiary/aromatic N) is 1. The van der Waals surface area contributed by atoms with Crippen LogP contribution in [-0.4, -0.2) is 16.0 Å². The number of carbonyl (C=O) groups is 1. The number of fused-ring (bicyclic) bond motifs is 1. The van der Waals surface area contributed by atoms with Crippen LogP contribution in [0.1, 0.15) is 16.8 Å². The summed E-state index contributed by atoms with van der Waals surface area (Å²) in [5.41, 5.74) is 5.19. The smallest absolute Gasteiger partial charge is 0.260 e. The topological polar surface area (TPSA) is 46.1 Å². The van der Waals surface area contributed by atoms with Crippen LogP contribution >= 0.6 is 23.4 Å². The summed E-state index contributed by atoms with van der Waals surface area (Å²) in [6.07, 6.45) is 1.99. The molecule has 0 aliphatic carbocycles. The average molecular weight is 398 g/mol. The molecule has 4 nitrogen and oxygen atoms in total. The fraction of sp³-hybridized carbons (Fsp3) is 0.190. The number of rotatable bonds is 3. The third-order valence-corrected chi connectivity index (χ3v) is 6.19. The molecular formula is C21H20ClN3OS. The summed E-state index contributed by atoms with van der Waals surface area (Å²) in [4.78, 5) is 13.2. The van der Waals surface area contributed by atoms with Crippen LogP contribution in [0.25, 0.3) is 17.0 Å². The molecule has 2 N–H and O–H groups in total. The van der Waals surface area contributed by atoms with E-state index in [1.165, 1.54) is 11.8 Å². The summed E-state index contributed by atoms with van der Waals surface area (Å²) in [6.45, 7) is 4.07. The van der Waals surface area contributed by atoms with Gasteiger partial charge in [0, 0.05) is 39.9 Å². The van der Waals surface area contributed by atoms with Crippen molar-refractivity contribution in [3.8, 4) is 0 Å². The first-order chi connectivity index (χ1) is 12.9. The lowest BCUT2D eigenvalue weighted by atomic mass is 10.1. The Morgan fingerprint density at radius 2 is 2.00 bits per heavy atom. The van der Waals surface area contributed by atoms with Crippen molar-refractivity contribution in [1.29, 1.82) is 0 Å². The van der Waals surface area contributed by atoms with Crippen LogP contribution in [0.4, 0.5) is 5.69 Å². The van der Waals surface area contributed by atoms with Gasteiger partial charge in [0.25, 0.3) is 5.91 Å². The van der Waals surface area contributed by atoms with E-state index in [0.717, 1.165) is 33.4 Å². The van der Waals surface area contributed by atoms with Crippen molar-refractivity contribution < 1.29 is 4.79 Å². The molecule has 1 saturated heterocycles. The minimum Gasteiger partial charge on any atom is -0.356 e. The second kappa shape index (κ2) is 6.98. The molecule has 138 valence electrons. The first kappa shape index (κ1) is 18.0. The van der Waals surface area contributed by atoms with Crippen LogP contribution in [0.5, 0.6) is 0 Å². The highest BCUT2D eigenvalue weighted by Gasteiger charge is 2.28. The Kier molecular flexibility index (Phi) is 4.66. The Morgan fingerprint density at radius 1 is 1.22 bits per heavy atom. The Hall–Kier alpha value is -2.37. The van der Waals surface area contributed by atoms with Crippen molar-refractivity contribution in [3.63, 3.8) is 0 Å². The molecule has 2 heterocycles. The molecule has 1 atom stereocenters. The number of amides is 1. The molecule has 3 aromatic rings. The predicted molar refractivity (Wildman–Crippen MR) is 115 cm³/mol. The number of para-hydroxylation sites is 1. The van der Waals surface area contributed by atoms with E-state index < -0.39 is 0 Å². The Bertz CT molecular complexity index is 1090. The number of carbonyl (C=O) groups excluding carboxylic acids is 1. The second-order valence-corrected chi connectivity index (χ2v) is 8.24. The largest absolute Gasteiger partial charge is 0.356 e. The van der Waals surface area contributed by atoms with E-state index in [0.29, 0.717) is 9.93 Å². The molecule has 27 heavy (non-hydrogen) atoms. The molecular weight excluding hydrogens is 378 g/mol. The monoisotopic (exact) mass is 397 g/mol. The number of thioether (sulfide) groups is 1. The van der Waals surface area contributed by atoms with Gasteiger partial charge in [0.1, 0.15) is 0 Å². The lowest BCUT2D eigenvalue weighted by Crippen LogP contribution is -2.31. The van der Waals surface area contributed by atoms with Gasteiger partial charge in [-0.1, -0.05) is 41.6 Å². The molecule has 0 radical (unpaired) electrons. The normalized spacial score (nSPS) is 18.3. The quantitative estimate of drug-likeness (QED) is 0.608. The number of benzene rings is 2. The predicted octanol–water partition coefficient (Wildman–Crippen LogP) is 5.05. The minimum absolute atomic E-state index is 0.0588. The first-order valence-electron chi connectivity index (χ1n) is 8.70. The molecule has 6 heteroatoms. The van der Waals surface area contributed by atoms with Crippen LogP contribution in [0, 0.1) is 13.8 Å². The van der Waals surface area contributed by atoms with E-state index in [4.69, 9.17) is 11.6 Å². The summed E-state index contributed by atoms with van der Waals surface area (Å²) in [7, 11) is 2.05. The lowest BCUT2D eigenvalue weighted by molar-refractivity contribution is -0.116. The zero-order valence-corrected chi connectivity index (χ0v) is 16.9. The molecule has 0 bridgehead atoms. The molecule has 1 unspecified atom stereocenters. The zero-order valence-electron chi connectivity index (χ0n) is 15.3. The minimum atomic E-state index is -0.209. The SMILES string of the molecule is Cc1cc(Cl)ccc1NC1NC(=O)/C(=C/c2c(C)n(C)c3ccccc23)S1. The standard InChI is InChI=1S/C21H20ClN3OS/c1-12-10-14(22)8-9-17(12)23-21-24-20(26)19(27-21)11-16-13(2)25(3)18-7-5-4-6-15(16)18/h4-11,21,23H,1-3H3,(H,24,26)/b19-11-. The fourth-order valence-electron chi connectivity index (χ4n) is 3.36. The lowest BCUT2D eigenvalue weighted by Gasteiger charge is -2.15. The van der Waals surface area contributed by atoms with E-state index >= 15 is 0 Å². The summed E-state index contributed by atoms with van der Waals surface area (Å²) >= 11 is 7.52. The Labute approximate surface area is 167 Å². The van der Waals surface area contributed by atoms with E-state index in [-0.39, 0.29) is 11.4 Å². The molecule has 0 spiro atoms. The van der Waals surface area contributed by atoms with E-state index in [9.17, 15) is 4.79 Å². The van der Waals surface area contributed by atoms with E-state index in [2.05, 4.69) is 41.3 Å². The summed E-state index contributed by atoms with van der Waals surface area (Å²) < 4.78 is 2.16. The van der Waals surface area contributed by atoms with Gasteiger partial charge in [0.2, 0.25) is 0 Å². The zero-order chi connectivity index (χ0) is 19.1. The van der Waals surface area contributed by atoms with Crippen molar-refractivity contribution >= 4 is 51.9 Å². The van der Waals surface area contributed by atoms with Gasteiger partial charge in [-0.15, -0.1) is 0 Å². The molecule has 1 amide bonds. The average Bonchev–Trinajstić information content (AvgIpc) is 3.10. The highest BCUT2D eigenvalue weighted by Crippen LogP contribution is 2.34. The number of hydrogen-bond acceptors (Lipinski definition) is 3. The number of hydrogen-bond donors (Lipinski definition) is 2. The number of halogens is 1. The Morgan fingerprint density at radius 3 is 2.78 bits per heavy atom. The summed E-state index contributed by atoms with van der Waals surface area (Å²) in [6, 6.07) is 13.9. The maximum atomic E-state index is 12.5. The van der Waals surface area contributed by atoms with Crippen LogP contribution in [-0.2, 0) is 11.8 Å². The van der Waals surface area contributed by atoms with Crippen LogP contribution in [0.2, 0.25) is 5.02 Å². The molecule has 4 rings (SSSR count). The maximum absolute atomic E-state index is 12.5. The van der Waals surface area contributed by atoms with E-state index in [1.807, 2.05) is 43.3 Å². The van der Waals surface area contributed by atoms with Crippen molar-refractivity contribution in [3.05, 3.63) is 69.2 Å². The van der Waals surface area contributed by atoms with Crippen molar-refractivity contribution in [1.82, 2.24) is 9.88 Å². The van der Waals surface area contributed by atoms with Gasteiger partial charge in [-0.05, 0) is 49.8 Å². The number of aromatic nitrogens is 1. The maximum Gasteiger partial charge on any atom is 0.260 e. The van der Waals surface area contributed by atoms with Gasteiger partial charge >= 0.3 is 0 Å². The molecule has 2 aromatic carbocycles. The van der Waals surface area contributed by atoms with Gasteiger partial charge in [0.05, 0.1) is 4.91 Å². The van der Waals surface area contributed by atoms with Crippen molar-refractivity contribution in [2.75, 3.05) is 5.32 Å². The van der Waals surface area contributed by atoms with Crippen LogP contribution in [0.3, 0.4) is 0 Å². The third kappa shape index (κ3) is 3.33. The van der Waals surface area contributed by atoms with Crippen molar-refractivity contribution in [2.24, 2.45) is 7.05 Å². The molecule has 1 aliphatic heterocycles. The second-order valence-electron chi connectivity index (χ2n) is 6.66. The van der Waals surface area contributed by atoms with Crippen molar-refractivity contribution in [2.45, 2.75) is 19.3 Å². The van der Waals surface area contributed by atoms with Gasteiger partial charge in [-0.2, -0.15) is 0 Å². The molecule has 1 aliphatic rings. The third-order valence-electron chi connectivity index (χ3n) is 4.93. The number of anilines is 1. The molecule has 1 aromatic heterocycles. The first-order valence-corrected chi connectivity index (χ1v) is 9.96. The van der Waals surface area contributed by atoms with Gasteiger partial charge < -0.3 is 15.2 Å². The van der Waals surface area contributed by atoms with Gasteiger partial charge in [-0.3, -0.25) is 4.79 Å². The highest BCUT2D eigenvalue weighted by molar-refractivity contribution is 8.05. The highest BCUT2D eigenvalue weighted by atomic mass is 35.5.